The number of carbonyl (C=O) groups excluding carboxylic acids is 1. The van der Waals surface area contributed by atoms with Crippen molar-refractivity contribution in [3.05, 3.63) is 58.7 Å². The number of alkyl halides is 6. The van der Waals surface area contributed by atoms with E-state index in [-0.39, 0.29) is 18.9 Å². The van der Waals surface area contributed by atoms with Gasteiger partial charge in [-0.25, -0.2) is 0 Å². The molecule has 0 aromatic heterocycles. The summed E-state index contributed by atoms with van der Waals surface area (Å²) in [6.45, 7) is 3.77. The SMILES string of the molecule is CCOc1ccc(PC(=O)c2c(C(F)(F)F)cccc2C(F)(F)F)c(C)c1.[LiH]. The van der Waals surface area contributed by atoms with Crippen LogP contribution in [0.1, 0.15) is 34.0 Å². The second-order valence-electron chi connectivity index (χ2n) is 5.59. The molecule has 28 heavy (non-hydrogen) atoms. The Kier molecular flexibility index (Phi) is 8.19. The van der Waals surface area contributed by atoms with Crippen molar-refractivity contribution in [3.8, 4) is 5.75 Å². The van der Waals surface area contributed by atoms with Gasteiger partial charge in [0, 0.05) is 5.56 Å². The van der Waals surface area contributed by atoms with Gasteiger partial charge in [0.2, 0.25) is 0 Å². The van der Waals surface area contributed by atoms with Gasteiger partial charge in [-0.05, 0) is 57.6 Å². The van der Waals surface area contributed by atoms with E-state index in [0.29, 0.717) is 41.4 Å². The second-order valence-corrected chi connectivity index (χ2v) is 6.83. The van der Waals surface area contributed by atoms with Crippen LogP contribution >= 0.6 is 8.58 Å². The van der Waals surface area contributed by atoms with E-state index in [1.807, 2.05) is 0 Å². The summed E-state index contributed by atoms with van der Waals surface area (Å²) in [7, 11) is -0.891. The molecule has 2 rings (SSSR count). The van der Waals surface area contributed by atoms with Crippen molar-refractivity contribution < 1.29 is 35.9 Å². The van der Waals surface area contributed by atoms with Gasteiger partial charge in [0.15, 0.2) is 5.52 Å². The van der Waals surface area contributed by atoms with Crippen LogP contribution < -0.4 is 10.0 Å². The third-order valence-electron chi connectivity index (χ3n) is 3.66. The average Bonchev–Trinajstić information content (AvgIpc) is 2.55. The van der Waals surface area contributed by atoms with E-state index in [1.165, 1.54) is 12.1 Å². The van der Waals surface area contributed by atoms with E-state index in [4.69, 9.17) is 4.74 Å². The molecular formula is C18H16F6LiO2P. The van der Waals surface area contributed by atoms with E-state index in [9.17, 15) is 31.1 Å². The van der Waals surface area contributed by atoms with Crippen LogP contribution in [0.25, 0.3) is 0 Å². The Morgan fingerprint density at radius 1 is 1.00 bits per heavy atom. The van der Waals surface area contributed by atoms with Gasteiger partial charge in [-0.15, -0.1) is 0 Å². The standard InChI is InChI=1S/C18H15F6O2P.Li.H/c1-3-26-11-7-8-14(10(2)9-11)27-16(25)15-12(17(19,20)21)5-4-6-13(15)18(22,23)24;;/h4-9,27H,3H2,1-2H3;;. The minimum atomic E-state index is -5.08. The minimum absolute atomic E-state index is 0. The van der Waals surface area contributed by atoms with Crippen LogP contribution in [-0.2, 0) is 12.4 Å². The van der Waals surface area contributed by atoms with Crippen molar-refractivity contribution in [2.75, 3.05) is 6.61 Å². The number of hydrogen-bond donors (Lipinski definition) is 0. The molecular weight excluding hydrogens is 400 g/mol. The summed E-state index contributed by atoms with van der Waals surface area (Å²) in [4.78, 5) is 12.5. The molecule has 0 fully saturated rings. The summed E-state index contributed by atoms with van der Waals surface area (Å²) in [5.41, 5.74) is -5.19. The van der Waals surface area contributed by atoms with Gasteiger partial charge in [0.1, 0.15) is 5.75 Å². The molecule has 0 aliphatic carbocycles. The molecule has 0 amide bonds. The number of halogens is 6. The molecule has 0 aliphatic rings. The molecule has 1 unspecified atom stereocenters. The number of rotatable bonds is 5. The normalized spacial score (nSPS) is 12.1. The zero-order chi connectivity index (χ0) is 20.4. The molecule has 10 heteroatoms. The Bertz CT molecular complexity index is 817. The first-order valence-corrected chi connectivity index (χ1v) is 8.77. The molecule has 0 radical (unpaired) electrons. The summed E-state index contributed by atoms with van der Waals surface area (Å²) < 4.78 is 84.5. The number of hydrogen-bond acceptors (Lipinski definition) is 2. The number of ether oxygens (including phenoxy) is 1. The van der Waals surface area contributed by atoms with Gasteiger partial charge in [0.05, 0.1) is 17.7 Å². The van der Waals surface area contributed by atoms with Gasteiger partial charge < -0.3 is 4.74 Å². The number of carbonyl (C=O) groups is 1. The van der Waals surface area contributed by atoms with E-state index >= 15 is 0 Å². The first-order valence-electron chi connectivity index (χ1n) is 7.77. The fourth-order valence-electron chi connectivity index (χ4n) is 2.49. The first kappa shape index (κ1) is 24.6. The van der Waals surface area contributed by atoms with Gasteiger partial charge in [-0.2, -0.15) is 26.3 Å². The zero-order valence-electron chi connectivity index (χ0n) is 14.3. The Balaban J connectivity index is 0.00000392. The third kappa shape index (κ3) is 5.76. The topological polar surface area (TPSA) is 26.3 Å². The van der Waals surface area contributed by atoms with Gasteiger partial charge >= 0.3 is 31.2 Å². The third-order valence-corrected chi connectivity index (χ3v) is 4.97. The number of benzene rings is 2. The molecule has 1 atom stereocenters. The van der Waals surface area contributed by atoms with E-state index in [2.05, 4.69) is 0 Å². The summed E-state index contributed by atoms with van der Waals surface area (Å²) in [5, 5.41) is 0.355. The molecule has 0 N–H and O–H groups in total. The molecule has 0 aliphatic heterocycles. The van der Waals surface area contributed by atoms with Gasteiger partial charge in [-0.1, -0.05) is 12.1 Å². The Morgan fingerprint density at radius 3 is 1.96 bits per heavy atom. The molecule has 2 aromatic rings. The van der Waals surface area contributed by atoms with Crippen molar-refractivity contribution in [2.45, 2.75) is 26.2 Å². The molecule has 148 valence electrons. The monoisotopic (exact) mass is 416 g/mol. The van der Waals surface area contributed by atoms with Crippen LogP contribution in [0.3, 0.4) is 0 Å². The first-order chi connectivity index (χ1) is 12.4. The Morgan fingerprint density at radius 2 is 1.54 bits per heavy atom. The predicted molar refractivity (Wildman–Crippen MR) is 98.2 cm³/mol. The average molecular weight is 416 g/mol. The van der Waals surface area contributed by atoms with Crippen molar-refractivity contribution in [1.29, 1.82) is 0 Å². The van der Waals surface area contributed by atoms with Gasteiger partial charge in [0.25, 0.3) is 0 Å². The number of aryl methyl sites for hydroxylation is 1. The maximum atomic E-state index is 13.2. The molecule has 2 aromatic carbocycles. The van der Waals surface area contributed by atoms with Crippen LogP contribution in [0.4, 0.5) is 26.3 Å². The fraction of sp³-hybridized carbons (Fsp3) is 0.278. The second kappa shape index (κ2) is 9.34. The summed E-state index contributed by atoms with van der Waals surface area (Å²) in [6, 6.07) is 6.19. The van der Waals surface area contributed by atoms with Gasteiger partial charge in [-0.3, -0.25) is 4.79 Å². The van der Waals surface area contributed by atoms with Crippen molar-refractivity contribution in [2.24, 2.45) is 0 Å². The molecule has 0 spiro atoms. The summed E-state index contributed by atoms with van der Waals surface area (Å²) in [6.07, 6.45) is -10.2. The van der Waals surface area contributed by atoms with Crippen molar-refractivity contribution in [3.63, 3.8) is 0 Å². The quantitative estimate of drug-likeness (QED) is 0.393. The molecule has 0 saturated heterocycles. The maximum absolute atomic E-state index is 13.2. The molecule has 0 bridgehead atoms. The van der Waals surface area contributed by atoms with E-state index < -0.39 is 43.1 Å². The fourth-order valence-corrected chi connectivity index (χ4v) is 3.56. The molecule has 2 nitrogen and oxygen atoms in total. The van der Waals surface area contributed by atoms with E-state index in [1.54, 1.807) is 19.9 Å². The van der Waals surface area contributed by atoms with Crippen LogP contribution in [0.15, 0.2) is 36.4 Å². The molecule has 0 saturated carbocycles. The summed E-state index contributed by atoms with van der Waals surface area (Å²) >= 11 is 0. The Hall–Kier alpha value is -1.48. The molecule has 0 heterocycles. The summed E-state index contributed by atoms with van der Waals surface area (Å²) in [5.74, 6) is 0.502. The Labute approximate surface area is 171 Å². The zero-order valence-corrected chi connectivity index (χ0v) is 15.3. The van der Waals surface area contributed by atoms with E-state index in [0.717, 1.165) is 0 Å². The van der Waals surface area contributed by atoms with Crippen LogP contribution in [0.5, 0.6) is 5.75 Å². The van der Waals surface area contributed by atoms with Crippen molar-refractivity contribution in [1.82, 2.24) is 0 Å². The van der Waals surface area contributed by atoms with Crippen LogP contribution in [0.2, 0.25) is 0 Å². The predicted octanol–water partition coefficient (Wildman–Crippen LogP) is 4.93. The van der Waals surface area contributed by atoms with Crippen LogP contribution in [-0.4, -0.2) is 31.0 Å². The van der Waals surface area contributed by atoms with Crippen molar-refractivity contribution >= 4 is 38.3 Å². The van der Waals surface area contributed by atoms with Crippen LogP contribution in [0, 0.1) is 6.92 Å².